The first kappa shape index (κ1) is 18.2. The van der Waals surface area contributed by atoms with Crippen molar-refractivity contribution in [1.82, 2.24) is 15.0 Å². The van der Waals surface area contributed by atoms with Crippen molar-refractivity contribution in [2.45, 2.75) is 32.7 Å². The second kappa shape index (κ2) is 7.84. The van der Waals surface area contributed by atoms with Crippen molar-refractivity contribution in [1.29, 1.82) is 0 Å². The van der Waals surface area contributed by atoms with Gasteiger partial charge in [-0.2, -0.15) is 4.98 Å². The van der Waals surface area contributed by atoms with Gasteiger partial charge in [0.2, 0.25) is 17.6 Å². The number of benzene rings is 2. The molecular formula is C22H23N3O3. The molecule has 6 heteroatoms. The summed E-state index contributed by atoms with van der Waals surface area (Å²) in [4.78, 5) is 18.8. The standard InChI is InChI=1S/C22H23N3O3/c1-3-27-19-10-8-17(9-11-19)21-23-22(28-24-21)18-12-20(26)25(14-18)13-16-6-4-15(2)5-7-16/h4-11,18H,3,12-14H2,1-2H3. The zero-order chi connectivity index (χ0) is 19.5. The number of rotatable bonds is 6. The number of aryl methyl sites for hydroxylation is 1. The van der Waals surface area contributed by atoms with Crippen molar-refractivity contribution in [3.8, 4) is 17.1 Å². The van der Waals surface area contributed by atoms with Gasteiger partial charge in [-0.1, -0.05) is 35.0 Å². The molecule has 1 aromatic heterocycles. The Morgan fingerprint density at radius 2 is 1.89 bits per heavy atom. The normalized spacial score (nSPS) is 16.6. The van der Waals surface area contributed by atoms with Crippen LogP contribution in [0.25, 0.3) is 11.4 Å². The fourth-order valence-electron chi connectivity index (χ4n) is 3.39. The van der Waals surface area contributed by atoms with Gasteiger partial charge < -0.3 is 14.2 Å². The van der Waals surface area contributed by atoms with Gasteiger partial charge in [-0.05, 0) is 43.7 Å². The van der Waals surface area contributed by atoms with Gasteiger partial charge in [-0.25, -0.2) is 0 Å². The first-order chi connectivity index (χ1) is 13.6. The highest BCUT2D eigenvalue weighted by Gasteiger charge is 2.34. The highest BCUT2D eigenvalue weighted by Crippen LogP contribution is 2.30. The fourth-order valence-corrected chi connectivity index (χ4v) is 3.39. The van der Waals surface area contributed by atoms with E-state index in [2.05, 4.69) is 41.3 Å². The Morgan fingerprint density at radius 1 is 1.14 bits per heavy atom. The van der Waals surface area contributed by atoms with Crippen LogP contribution in [0.2, 0.25) is 0 Å². The molecule has 0 radical (unpaired) electrons. The summed E-state index contributed by atoms with van der Waals surface area (Å²) in [7, 11) is 0. The van der Waals surface area contributed by atoms with Gasteiger partial charge in [0.15, 0.2) is 0 Å². The van der Waals surface area contributed by atoms with Crippen LogP contribution in [0.3, 0.4) is 0 Å². The maximum Gasteiger partial charge on any atom is 0.232 e. The van der Waals surface area contributed by atoms with E-state index < -0.39 is 0 Å². The molecule has 1 amide bonds. The molecule has 3 aromatic rings. The second-order valence-corrected chi connectivity index (χ2v) is 7.07. The lowest BCUT2D eigenvalue weighted by molar-refractivity contribution is -0.128. The molecule has 28 heavy (non-hydrogen) atoms. The Bertz CT molecular complexity index is 948. The minimum Gasteiger partial charge on any atom is -0.494 e. The Morgan fingerprint density at radius 3 is 2.61 bits per heavy atom. The van der Waals surface area contributed by atoms with Crippen LogP contribution in [0, 0.1) is 6.92 Å². The average molecular weight is 377 g/mol. The number of nitrogens with zero attached hydrogens (tertiary/aromatic N) is 3. The Kier molecular flexibility index (Phi) is 5.10. The second-order valence-electron chi connectivity index (χ2n) is 7.07. The predicted octanol–water partition coefficient (Wildman–Crippen LogP) is 3.96. The van der Waals surface area contributed by atoms with Gasteiger partial charge in [0, 0.05) is 25.1 Å². The summed E-state index contributed by atoms with van der Waals surface area (Å²) in [6.07, 6.45) is 0.400. The quantitative estimate of drug-likeness (QED) is 0.650. The molecule has 1 atom stereocenters. The smallest absolute Gasteiger partial charge is 0.232 e. The fraction of sp³-hybridized carbons (Fsp3) is 0.318. The van der Waals surface area contributed by atoms with Crippen molar-refractivity contribution >= 4 is 5.91 Å². The van der Waals surface area contributed by atoms with Crippen LogP contribution in [0.5, 0.6) is 5.75 Å². The number of ether oxygens (including phenoxy) is 1. The zero-order valence-electron chi connectivity index (χ0n) is 16.1. The third-order valence-corrected chi connectivity index (χ3v) is 4.92. The zero-order valence-corrected chi connectivity index (χ0v) is 16.1. The van der Waals surface area contributed by atoms with Crippen LogP contribution in [0.15, 0.2) is 53.1 Å². The van der Waals surface area contributed by atoms with Gasteiger partial charge in [0.25, 0.3) is 0 Å². The molecule has 6 nitrogen and oxygen atoms in total. The van der Waals surface area contributed by atoms with Gasteiger partial charge in [-0.15, -0.1) is 0 Å². The summed E-state index contributed by atoms with van der Waals surface area (Å²) in [6, 6.07) is 15.8. The van der Waals surface area contributed by atoms with Crippen LogP contribution >= 0.6 is 0 Å². The van der Waals surface area contributed by atoms with E-state index in [0.29, 0.717) is 37.8 Å². The summed E-state index contributed by atoms with van der Waals surface area (Å²) >= 11 is 0. The molecule has 0 saturated carbocycles. The summed E-state index contributed by atoms with van der Waals surface area (Å²) in [6.45, 7) is 5.83. The summed E-state index contributed by atoms with van der Waals surface area (Å²) in [5.41, 5.74) is 3.20. The van der Waals surface area contributed by atoms with E-state index in [9.17, 15) is 4.79 Å². The largest absolute Gasteiger partial charge is 0.494 e. The molecule has 1 saturated heterocycles. The Balaban J connectivity index is 1.44. The van der Waals surface area contributed by atoms with Crippen LogP contribution in [0.4, 0.5) is 0 Å². The summed E-state index contributed by atoms with van der Waals surface area (Å²) < 4.78 is 10.9. The van der Waals surface area contributed by atoms with Crippen LogP contribution < -0.4 is 4.74 Å². The molecule has 0 N–H and O–H groups in total. The van der Waals surface area contributed by atoms with E-state index in [1.807, 2.05) is 36.1 Å². The molecule has 2 aromatic carbocycles. The molecule has 2 heterocycles. The molecule has 1 unspecified atom stereocenters. The highest BCUT2D eigenvalue weighted by atomic mass is 16.5. The van der Waals surface area contributed by atoms with E-state index in [1.165, 1.54) is 5.56 Å². The molecule has 1 aliphatic rings. The monoisotopic (exact) mass is 377 g/mol. The van der Waals surface area contributed by atoms with Gasteiger partial charge in [0.1, 0.15) is 5.75 Å². The lowest BCUT2D eigenvalue weighted by atomic mass is 10.1. The number of hydrogen-bond donors (Lipinski definition) is 0. The number of carbonyl (C=O) groups excluding carboxylic acids is 1. The Hall–Kier alpha value is -3.15. The highest BCUT2D eigenvalue weighted by molar-refractivity contribution is 5.79. The van der Waals surface area contributed by atoms with Crippen LogP contribution in [-0.4, -0.2) is 34.1 Å². The minimum atomic E-state index is -0.0677. The lowest BCUT2D eigenvalue weighted by Crippen LogP contribution is -2.24. The molecule has 0 spiro atoms. The number of carbonyl (C=O) groups is 1. The molecular weight excluding hydrogens is 354 g/mol. The van der Waals surface area contributed by atoms with E-state index in [-0.39, 0.29) is 11.8 Å². The van der Waals surface area contributed by atoms with Crippen molar-refractivity contribution in [3.05, 3.63) is 65.5 Å². The molecule has 4 rings (SSSR count). The molecule has 1 aliphatic heterocycles. The van der Waals surface area contributed by atoms with Crippen LogP contribution in [0.1, 0.15) is 36.3 Å². The maximum atomic E-state index is 12.4. The third kappa shape index (κ3) is 3.91. The molecule has 0 bridgehead atoms. The number of hydrogen-bond acceptors (Lipinski definition) is 5. The van der Waals surface area contributed by atoms with Crippen molar-refractivity contribution < 1.29 is 14.1 Å². The Labute approximate surface area is 164 Å². The van der Waals surface area contributed by atoms with E-state index >= 15 is 0 Å². The first-order valence-corrected chi connectivity index (χ1v) is 9.52. The lowest BCUT2D eigenvalue weighted by Gasteiger charge is -2.16. The van der Waals surface area contributed by atoms with Crippen molar-refractivity contribution in [2.75, 3.05) is 13.2 Å². The average Bonchev–Trinajstić information content (AvgIpc) is 3.32. The number of aromatic nitrogens is 2. The van der Waals surface area contributed by atoms with E-state index in [4.69, 9.17) is 9.26 Å². The van der Waals surface area contributed by atoms with E-state index in [0.717, 1.165) is 16.9 Å². The number of likely N-dealkylation sites (tertiary alicyclic amines) is 1. The summed E-state index contributed by atoms with van der Waals surface area (Å²) in [5.74, 6) is 1.91. The van der Waals surface area contributed by atoms with E-state index in [1.54, 1.807) is 0 Å². The van der Waals surface area contributed by atoms with Gasteiger partial charge in [0.05, 0.1) is 12.5 Å². The first-order valence-electron chi connectivity index (χ1n) is 9.52. The van der Waals surface area contributed by atoms with Crippen molar-refractivity contribution in [2.24, 2.45) is 0 Å². The minimum absolute atomic E-state index is 0.0677. The third-order valence-electron chi connectivity index (χ3n) is 4.92. The molecule has 144 valence electrons. The molecule has 1 fully saturated rings. The van der Waals surface area contributed by atoms with Gasteiger partial charge in [-0.3, -0.25) is 4.79 Å². The van der Waals surface area contributed by atoms with Crippen molar-refractivity contribution in [3.63, 3.8) is 0 Å². The predicted molar refractivity (Wildman–Crippen MR) is 105 cm³/mol. The van der Waals surface area contributed by atoms with Crippen LogP contribution in [-0.2, 0) is 11.3 Å². The van der Waals surface area contributed by atoms with Gasteiger partial charge >= 0.3 is 0 Å². The SMILES string of the molecule is CCOc1ccc(-c2noc(C3CC(=O)N(Cc4ccc(C)cc4)C3)n2)cc1. The molecule has 0 aliphatic carbocycles. The number of amides is 1. The summed E-state index contributed by atoms with van der Waals surface area (Å²) in [5, 5.41) is 4.09. The topological polar surface area (TPSA) is 68.5 Å². The maximum absolute atomic E-state index is 12.4.